The van der Waals surface area contributed by atoms with Crippen LogP contribution in [-0.4, -0.2) is 58.6 Å². The van der Waals surface area contributed by atoms with Gasteiger partial charge in [-0.15, -0.1) is 5.10 Å². The van der Waals surface area contributed by atoms with Crippen LogP contribution in [0.3, 0.4) is 0 Å². The summed E-state index contributed by atoms with van der Waals surface area (Å²) in [5.41, 5.74) is -0.174. The molecule has 1 unspecified atom stereocenters. The summed E-state index contributed by atoms with van der Waals surface area (Å²) in [6.07, 6.45) is 3.58. The lowest BCUT2D eigenvalue weighted by Gasteiger charge is -2.25. The lowest BCUT2D eigenvalue weighted by molar-refractivity contribution is 0.334. The quantitative estimate of drug-likeness (QED) is 0.477. The van der Waals surface area contributed by atoms with Crippen molar-refractivity contribution < 1.29 is 17.7 Å². The normalized spacial score (nSPS) is 20.0. The second-order valence-electron chi connectivity index (χ2n) is 10.4. The van der Waals surface area contributed by atoms with Crippen LogP contribution in [0.25, 0.3) is 0 Å². The maximum absolute atomic E-state index is 13.5. The number of aryl methyl sites for hydroxylation is 1. The molecule has 1 aromatic carbocycles. The van der Waals surface area contributed by atoms with Crippen molar-refractivity contribution in [3.63, 3.8) is 0 Å². The van der Waals surface area contributed by atoms with E-state index in [1.807, 2.05) is 4.90 Å². The molecule has 0 spiro atoms. The summed E-state index contributed by atoms with van der Waals surface area (Å²) >= 11 is 0. The first-order chi connectivity index (χ1) is 16.6. The van der Waals surface area contributed by atoms with Crippen LogP contribution in [0.4, 0.5) is 17.2 Å². The molecule has 3 heterocycles. The van der Waals surface area contributed by atoms with E-state index in [4.69, 9.17) is 0 Å². The van der Waals surface area contributed by atoms with E-state index in [1.54, 1.807) is 0 Å². The molecule has 0 saturated carbocycles. The first-order valence-corrected chi connectivity index (χ1v) is 15.2. The fourth-order valence-corrected chi connectivity index (χ4v) is 5.98. The number of anilines is 3. The second-order valence-corrected chi connectivity index (χ2v) is 14.0. The van der Waals surface area contributed by atoms with Gasteiger partial charge >= 0.3 is 0 Å². The Balaban J connectivity index is 1.83. The zero-order valence-corrected chi connectivity index (χ0v) is 22.5. The average Bonchev–Trinajstić information content (AvgIpc) is 3.26. The Hall–Kier alpha value is -3.06. The van der Waals surface area contributed by atoms with Gasteiger partial charge < -0.3 is 15.3 Å². The van der Waals surface area contributed by atoms with Crippen LogP contribution >= 0.6 is 0 Å². The van der Waals surface area contributed by atoms with Gasteiger partial charge in [0.15, 0.2) is 17.4 Å². The maximum atomic E-state index is 13.5. The number of nitrogens with one attached hydrogen (secondary N) is 2. The number of hydrogen-bond donors (Lipinski definition) is 3. The van der Waals surface area contributed by atoms with Crippen LogP contribution in [0.5, 0.6) is 5.75 Å². The van der Waals surface area contributed by atoms with Crippen molar-refractivity contribution in [2.75, 3.05) is 34.3 Å². The summed E-state index contributed by atoms with van der Waals surface area (Å²) in [6, 6.07) is 4.41. The Bertz CT molecular complexity index is 1500. The maximum Gasteiger partial charge on any atom is 0.281 e. The van der Waals surface area contributed by atoms with Crippen LogP contribution in [0.15, 0.2) is 32.3 Å². The van der Waals surface area contributed by atoms with Crippen LogP contribution in [-0.2, 0) is 26.3 Å². The Morgan fingerprint density at radius 2 is 1.92 bits per heavy atom. The van der Waals surface area contributed by atoms with Gasteiger partial charge in [-0.3, -0.25) is 9.52 Å². The lowest BCUT2D eigenvalue weighted by atomic mass is 9.92. The first-order valence-electron chi connectivity index (χ1n) is 11.6. The van der Waals surface area contributed by atoms with Gasteiger partial charge in [0.25, 0.3) is 5.56 Å². The monoisotopic (exact) mass is 536 g/mol. The number of amidine groups is 1. The fourth-order valence-electron chi connectivity index (χ4n) is 4.12. The number of sulfonamides is 1. The molecular formula is C23H32N6O5S2. The van der Waals surface area contributed by atoms with E-state index in [0.717, 1.165) is 19.1 Å². The number of rotatable bonds is 6. The van der Waals surface area contributed by atoms with Crippen LogP contribution < -0.4 is 20.5 Å². The standard InChI is InChI=1S/C23H32N6O5S2/c1-23(2,3)10-13-29-22(31)18(19(30)21(25-29)28-11-6-7-12-28)20-24-16-9-8-15(26-36(5,33)34)14-17(16)35(4,32)27-20/h8-9,14,26,30H,4,6-7,10-13H2,1-3,5H3,(H,24,27,32). The summed E-state index contributed by atoms with van der Waals surface area (Å²) in [4.78, 5) is 15.6. The molecule has 4 rings (SSSR count). The van der Waals surface area contributed by atoms with E-state index in [-0.39, 0.29) is 39.0 Å². The highest BCUT2D eigenvalue weighted by atomic mass is 32.2. The second kappa shape index (κ2) is 9.11. The van der Waals surface area contributed by atoms with E-state index in [1.165, 1.54) is 22.9 Å². The summed E-state index contributed by atoms with van der Waals surface area (Å²) in [5, 5.41) is 18.7. The number of aromatic nitrogens is 2. The van der Waals surface area contributed by atoms with E-state index < -0.39 is 25.3 Å². The predicted octanol–water partition coefficient (Wildman–Crippen LogP) is 2.22. The van der Waals surface area contributed by atoms with E-state index >= 15 is 0 Å². The molecule has 0 radical (unpaired) electrons. The first kappa shape index (κ1) is 26.0. The molecule has 2 aliphatic heterocycles. The Morgan fingerprint density at radius 3 is 2.53 bits per heavy atom. The molecular weight excluding hydrogens is 504 g/mol. The molecule has 11 nitrogen and oxygen atoms in total. The minimum Gasteiger partial charge on any atom is -0.504 e. The summed E-state index contributed by atoms with van der Waals surface area (Å²) in [5.74, 6) is 3.63. The molecule has 0 amide bonds. The van der Waals surface area contributed by atoms with Gasteiger partial charge in [-0.1, -0.05) is 20.8 Å². The number of fused-ring (bicyclic) bond motifs is 1. The number of hydrogen-bond acceptors (Lipinski definition) is 8. The van der Waals surface area contributed by atoms with E-state index in [9.17, 15) is 22.5 Å². The van der Waals surface area contributed by atoms with Crippen molar-refractivity contribution in [3.8, 4) is 5.75 Å². The fraction of sp³-hybridized carbons (Fsp3) is 0.478. The number of aromatic hydroxyl groups is 1. The number of nitrogens with zero attached hydrogens (tertiary/aromatic N) is 4. The highest BCUT2D eigenvalue weighted by Gasteiger charge is 2.30. The summed E-state index contributed by atoms with van der Waals surface area (Å²) in [7, 11) is -6.88. The van der Waals surface area contributed by atoms with Gasteiger partial charge in [0.1, 0.15) is 5.56 Å². The van der Waals surface area contributed by atoms with Gasteiger partial charge in [-0.25, -0.2) is 17.3 Å². The molecule has 2 aliphatic rings. The third-order valence-electron chi connectivity index (χ3n) is 5.95. The summed E-state index contributed by atoms with van der Waals surface area (Å²) in [6.45, 7) is 7.92. The third kappa shape index (κ3) is 5.51. The Morgan fingerprint density at radius 1 is 1.25 bits per heavy atom. The highest BCUT2D eigenvalue weighted by molar-refractivity contribution is 7.99. The van der Waals surface area contributed by atoms with Crippen LogP contribution in [0.1, 0.15) is 45.6 Å². The zero-order valence-electron chi connectivity index (χ0n) is 20.9. The molecule has 36 heavy (non-hydrogen) atoms. The molecule has 1 aromatic heterocycles. The third-order valence-corrected chi connectivity index (χ3v) is 8.06. The van der Waals surface area contributed by atoms with Gasteiger partial charge in [-0.05, 0) is 48.7 Å². The topological polar surface area (TPSA) is 146 Å². The molecule has 0 bridgehead atoms. The van der Waals surface area contributed by atoms with Gasteiger partial charge in [0.05, 0.1) is 26.5 Å². The van der Waals surface area contributed by atoms with Gasteiger partial charge in [0.2, 0.25) is 10.0 Å². The molecule has 1 fully saturated rings. The molecule has 196 valence electrons. The SMILES string of the molecule is C=S1(=O)N=C(c2c(O)c(N3CCCC3)nn(CCC(C)(C)C)c2=O)Nc2ccc(NS(C)(=O)=O)cc21. The van der Waals surface area contributed by atoms with Gasteiger partial charge in [0, 0.05) is 25.3 Å². The van der Waals surface area contributed by atoms with Crippen molar-refractivity contribution in [1.29, 1.82) is 0 Å². The minimum absolute atomic E-state index is 0.0497. The Kier molecular flexibility index (Phi) is 6.58. The van der Waals surface area contributed by atoms with Crippen molar-refractivity contribution in [2.24, 2.45) is 9.81 Å². The lowest BCUT2D eigenvalue weighted by Crippen LogP contribution is -2.36. The average molecular weight is 537 g/mol. The van der Waals surface area contributed by atoms with Crippen molar-refractivity contribution >= 4 is 48.6 Å². The largest absolute Gasteiger partial charge is 0.504 e. The zero-order chi connectivity index (χ0) is 26.5. The van der Waals surface area contributed by atoms with E-state index in [0.29, 0.717) is 31.7 Å². The van der Waals surface area contributed by atoms with Crippen molar-refractivity contribution in [1.82, 2.24) is 9.78 Å². The molecule has 2 aromatic rings. The number of benzene rings is 1. The highest BCUT2D eigenvalue weighted by Crippen LogP contribution is 2.35. The minimum atomic E-state index is -3.55. The summed E-state index contributed by atoms with van der Waals surface area (Å²) < 4.78 is 44.6. The predicted molar refractivity (Wildman–Crippen MR) is 144 cm³/mol. The molecule has 3 N–H and O–H groups in total. The molecule has 1 saturated heterocycles. The van der Waals surface area contributed by atoms with Crippen LogP contribution in [0.2, 0.25) is 0 Å². The van der Waals surface area contributed by atoms with E-state index in [2.05, 4.69) is 46.2 Å². The smallest absolute Gasteiger partial charge is 0.281 e. The molecule has 1 atom stereocenters. The van der Waals surface area contributed by atoms with Crippen LogP contribution in [0, 0.1) is 5.41 Å². The van der Waals surface area contributed by atoms with Crippen molar-refractivity contribution in [3.05, 3.63) is 34.1 Å². The molecule has 13 heteroatoms. The Labute approximate surface area is 211 Å². The van der Waals surface area contributed by atoms with Crippen molar-refractivity contribution in [2.45, 2.75) is 51.5 Å². The van der Waals surface area contributed by atoms with Gasteiger partial charge in [-0.2, -0.15) is 4.40 Å². The molecule has 0 aliphatic carbocycles.